The normalized spacial score (nSPS) is 13.0. The quantitative estimate of drug-likeness (QED) is 0.747. The number of rotatable bonds is 2. The highest BCUT2D eigenvalue weighted by atomic mass is 79.9. The van der Waals surface area contributed by atoms with Crippen molar-refractivity contribution < 1.29 is 0 Å². The summed E-state index contributed by atoms with van der Waals surface area (Å²) in [6, 6.07) is 8.48. The predicted molar refractivity (Wildman–Crippen MR) is 54.7 cm³/mol. The monoisotopic (exact) mass is 231 g/mol. The number of hydrogen-bond acceptors (Lipinski definition) is 2. The highest BCUT2D eigenvalue weighted by Crippen LogP contribution is 2.16. The van der Waals surface area contributed by atoms with Gasteiger partial charge in [0.15, 0.2) is 0 Å². The van der Waals surface area contributed by atoms with Gasteiger partial charge in [-0.05, 0) is 24.6 Å². The molecule has 0 fully saturated rings. The Morgan fingerprint density at radius 1 is 1.36 bits per heavy atom. The van der Waals surface area contributed by atoms with Crippen LogP contribution in [0, 0.1) is 0 Å². The summed E-state index contributed by atoms with van der Waals surface area (Å²) in [5.41, 5.74) is 1.24. The van der Waals surface area contributed by atoms with Gasteiger partial charge in [-0.1, -0.05) is 40.9 Å². The molecule has 0 saturated carbocycles. The van der Waals surface area contributed by atoms with Gasteiger partial charge < -0.3 is 0 Å². The maximum atomic E-state index is 3.99. The van der Waals surface area contributed by atoms with E-state index in [0.717, 1.165) is 4.47 Å². The van der Waals surface area contributed by atoms with Crippen LogP contribution in [0.4, 0.5) is 0 Å². The molecule has 0 unspecified atom stereocenters. The van der Waals surface area contributed by atoms with Crippen molar-refractivity contribution >= 4 is 28.7 Å². The van der Waals surface area contributed by atoms with Crippen molar-refractivity contribution in [2.75, 3.05) is 0 Å². The highest BCUT2D eigenvalue weighted by molar-refractivity contribution is 9.10. The van der Waals surface area contributed by atoms with Gasteiger partial charge in [0, 0.05) is 10.5 Å². The third-order valence-electron chi connectivity index (χ3n) is 1.56. The second kappa shape index (κ2) is 4.14. The van der Waals surface area contributed by atoms with Crippen molar-refractivity contribution in [3.05, 3.63) is 34.3 Å². The van der Waals surface area contributed by atoms with Crippen LogP contribution in [-0.2, 0) is 0 Å². The summed E-state index contributed by atoms with van der Waals surface area (Å²) in [5, 5.41) is 0. The number of benzene rings is 1. The molecule has 3 heteroatoms. The van der Waals surface area contributed by atoms with Crippen molar-refractivity contribution in [3.63, 3.8) is 0 Å². The van der Waals surface area contributed by atoms with Gasteiger partial charge in [0.1, 0.15) is 0 Å². The van der Waals surface area contributed by atoms with Gasteiger partial charge in [-0.3, -0.25) is 4.72 Å². The topological polar surface area (TPSA) is 12.0 Å². The van der Waals surface area contributed by atoms with E-state index >= 15 is 0 Å². The van der Waals surface area contributed by atoms with Crippen molar-refractivity contribution in [2.45, 2.75) is 13.0 Å². The Morgan fingerprint density at radius 3 is 2.36 bits per heavy atom. The number of halogens is 1. The first kappa shape index (κ1) is 9.10. The third-order valence-corrected chi connectivity index (χ3v) is 2.48. The first-order chi connectivity index (χ1) is 5.24. The second-order valence-corrected chi connectivity index (χ2v) is 3.58. The van der Waals surface area contributed by atoms with Gasteiger partial charge in [-0.2, -0.15) is 0 Å². The Hall–Kier alpha value is 0.01000. The van der Waals surface area contributed by atoms with Crippen LogP contribution in [0.3, 0.4) is 0 Å². The van der Waals surface area contributed by atoms with Crippen molar-refractivity contribution in [2.24, 2.45) is 0 Å². The molecule has 1 aromatic rings. The Morgan fingerprint density at radius 2 is 1.91 bits per heavy atom. The summed E-state index contributed by atoms with van der Waals surface area (Å²) in [6.45, 7) is 2.07. The molecule has 1 rings (SSSR count). The molecule has 0 aliphatic heterocycles. The van der Waals surface area contributed by atoms with E-state index in [4.69, 9.17) is 0 Å². The van der Waals surface area contributed by atoms with Gasteiger partial charge >= 0.3 is 0 Å². The zero-order valence-corrected chi connectivity index (χ0v) is 8.69. The lowest BCUT2D eigenvalue weighted by Crippen LogP contribution is -2.05. The van der Waals surface area contributed by atoms with Gasteiger partial charge in [-0.25, -0.2) is 0 Å². The van der Waals surface area contributed by atoms with Crippen LogP contribution >= 0.6 is 28.7 Å². The molecule has 0 aliphatic rings. The molecular weight excluding hydrogens is 222 g/mol. The summed E-state index contributed by atoms with van der Waals surface area (Å²) in [6.07, 6.45) is 0. The maximum absolute atomic E-state index is 3.99. The molecule has 1 N–H and O–H groups in total. The minimum Gasteiger partial charge on any atom is -0.260 e. The molecule has 0 heterocycles. The van der Waals surface area contributed by atoms with Crippen LogP contribution in [0.2, 0.25) is 0 Å². The van der Waals surface area contributed by atoms with E-state index in [2.05, 4.69) is 52.5 Å². The summed E-state index contributed by atoms with van der Waals surface area (Å²) >= 11 is 7.37. The molecular formula is C8H10BrNS. The molecule has 11 heavy (non-hydrogen) atoms. The van der Waals surface area contributed by atoms with Crippen LogP contribution in [0.5, 0.6) is 0 Å². The number of thiol groups is 1. The van der Waals surface area contributed by atoms with E-state index in [0.29, 0.717) is 6.04 Å². The van der Waals surface area contributed by atoms with E-state index in [1.165, 1.54) is 5.56 Å². The van der Waals surface area contributed by atoms with Crippen LogP contribution in [0.15, 0.2) is 28.7 Å². The van der Waals surface area contributed by atoms with Gasteiger partial charge in [0.25, 0.3) is 0 Å². The lowest BCUT2D eigenvalue weighted by atomic mass is 10.1. The average Bonchev–Trinajstić information content (AvgIpc) is 2.05. The number of nitrogens with one attached hydrogen (secondary N) is 1. The molecule has 60 valence electrons. The third kappa shape index (κ3) is 2.51. The zero-order valence-electron chi connectivity index (χ0n) is 6.21. The fourth-order valence-electron chi connectivity index (χ4n) is 0.826. The van der Waals surface area contributed by atoms with Crippen LogP contribution in [0.25, 0.3) is 0 Å². The van der Waals surface area contributed by atoms with Crippen molar-refractivity contribution in [1.29, 1.82) is 0 Å². The predicted octanol–water partition coefficient (Wildman–Crippen LogP) is 2.94. The van der Waals surface area contributed by atoms with E-state index in [1.807, 2.05) is 12.1 Å². The lowest BCUT2D eigenvalue weighted by Gasteiger charge is -2.08. The Bertz CT molecular complexity index is 222. The molecule has 0 radical (unpaired) electrons. The average molecular weight is 232 g/mol. The molecule has 0 amide bonds. The Kier molecular flexibility index (Phi) is 3.43. The molecule has 1 aromatic carbocycles. The summed E-state index contributed by atoms with van der Waals surface area (Å²) in [4.78, 5) is 0. The van der Waals surface area contributed by atoms with E-state index in [1.54, 1.807) is 0 Å². The summed E-state index contributed by atoms with van der Waals surface area (Å²) in [5.74, 6) is 0. The highest BCUT2D eigenvalue weighted by Gasteiger charge is 2.00. The fraction of sp³-hybridized carbons (Fsp3) is 0.250. The molecule has 1 atom stereocenters. The first-order valence-electron chi connectivity index (χ1n) is 3.39. The second-order valence-electron chi connectivity index (χ2n) is 2.40. The van der Waals surface area contributed by atoms with Crippen LogP contribution < -0.4 is 4.72 Å². The standard InChI is InChI=1S/C8H10BrNS/c1-6(10-11)7-2-4-8(9)5-3-7/h2-6,10-11H,1H3/t6-/m1/s1. The first-order valence-corrected chi connectivity index (χ1v) is 4.63. The van der Waals surface area contributed by atoms with Crippen molar-refractivity contribution in [1.82, 2.24) is 4.72 Å². The van der Waals surface area contributed by atoms with E-state index in [-0.39, 0.29) is 0 Å². The minimum absolute atomic E-state index is 0.298. The van der Waals surface area contributed by atoms with Crippen molar-refractivity contribution in [3.8, 4) is 0 Å². The molecule has 0 aromatic heterocycles. The van der Waals surface area contributed by atoms with Crippen LogP contribution in [-0.4, -0.2) is 0 Å². The summed E-state index contributed by atoms with van der Waals surface area (Å²) < 4.78 is 3.98. The van der Waals surface area contributed by atoms with E-state index < -0.39 is 0 Å². The molecule has 0 saturated heterocycles. The van der Waals surface area contributed by atoms with Gasteiger partial charge in [0.05, 0.1) is 0 Å². The lowest BCUT2D eigenvalue weighted by molar-refractivity contribution is 0.759. The van der Waals surface area contributed by atoms with Crippen LogP contribution in [0.1, 0.15) is 18.5 Å². The summed E-state index contributed by atoms with van der Waals surface area (Å²) in [7, 11) is 0. The van der Waals surface area contributed by atoms with E-state index in [9.17, 15) is 0 Å². The zero-order chi connectivity index (χ0) is 8.27. The Balaban J connectivity index is 2.81. The number of hydrogen-bond donors (Lipinski definition) is 2. The minimum atomic E-state index is 0.298. The molecule has 0 spiro atoms. The SMILES string of the molecule is C[C@@H](NS)c1ccc(Br)cc1. The maximum Gasteiger partial charge on any atom is 0.0390 e. The van der Waals surface area contributed by atoms with Gasteiger partial charge in [0.2, 0.25) is 0 Å². The molecule has 0 aliphatic carbocycles. The largest absolute Gasteiger partial charge is 0.260 e. The van der Waals surface area contributed by atoms with Gasteiger partial charge in [-0.15, -0.1) is 0 Å². The molecule has 1 nitrogen and oxygen atoms in total. The Labute approximate surface area is 80.9 Å². The fourth-order valence-corrected chi connectivity index (χ4v) is 1.24. The smallest absolute Gasteiger partial charge is 0.0390 e. The molecule has 0 bridgehead atoms.